The molecule has 0 heterocycles. The van der Waals surface area contributed by atoms with Crippen LogP contribution in [0.4, 0.5) is 0 Å². The Balaban J connectivity index is 2.64. The van der Waals surface area contributed by atoms with Crippen LogP contribution in [0.1, 0.15) is 58.8 Å². The standard InChI is InChI=1S/C15H27BrN2/c1-14(2)18(11-7-10-17)13-15(12-16)8-5-3-4-6-9-15/h14H,3-9,11-13H2,1-2H3. The van der Waals surface area contributed by atoms with Crippen molar-refractivity contribution in [1.82, 2.24) is 4.90 Å². The third kappa shape index (κ3) is 4.90. The minimum absolute atomic E-state index is 0.441. The molecule has 0 aliphatic heterocycles. The molecule has 0 amide bonds. The summed E-state index contributed by atoms with van der Waals surface area (Å²) in [5.74, 6) is 0. The molecule has 0 aromatic carbocycles. The van der Waals surface area contributed by atoms with Gasteiger partial charge in [-0.3, -0.25) is 4.90 Å². The quantitative estimate of drug-likeness (QED) is 0.538. The highest BCUT2D eigenvalue weighted by atomic mass is 79.9. The molecular formula is C15H27BrN2. The van der Waals surface area contributed by atoms with Crippen LogP contribution < -0.4 is 0 Å². The van der Waals surface area contributed by atoms with E-state index in [-0.39, 0.29) is 0 Å². The van der Waals surface area contributed by atoms with Gasteiger partial charge in [0.15, 0.2) is 0 Å². The summed E-state index contributed by atoms with van der Waals surface area (Å²) >= 11 is 3.76. The molecular weight excluding hydrogens is 288 g/mol. The smallest absolute Gasteiger partial charge is 0.0635 e. The van der Waals surface area contributed by atoms with Gasteiger partial charge in [-0.25, -0.2) is 0 Å². The van der Waals surface area contributed by atoms with Crippen LogP contribution in [0.3, 0.4) is 0 Å². The van der Waals surface area contributed by atoms with Crippen LogP contribution in [0.5, 0.6) is 0 Å². The van der Waals surface area contributed by atoms with E-state index in [2.05, 4.69) is 40.7 Å². The predicted molar refractivity (Wildman–Crippen MR) is 80.9 cm³/mol. The third-order valence-electron chi connectivity index (χ3n) is 4.23. The highest BCUT2D eigenvalue weighted by Crippen LogP contribution is 2.37. The summed E-state index contributed by atoms with van der Waals surface area (Å²) in [5, 5.41) is 9.89. The van der Waals surface area contributed by atoms with Gasteiger partial charge >= 0.3 is 0 Å². The summed E-state index contributed by atoms with van der Waals surface area (Å²) in [6.45, 7) is 6.56. The lowest BCUT2D eigenvalue weighted by molar-refractivity contribution is 0.126. The summed E-state index contributed by atoms with van der Waals surface area (Å²) in [7, 11) is 0. The largest absolute Gasteiger partial charge is 0.299 e. The van der Waals surface area contributed by atoms with Crippen molar-refractivity contribution in [3.05, 3.63) is 0 Å². The molecule has 0 unspecified atom stereocenters. The average Bonchev–Trinajstić information content (AvgIpc) is 2.60. The SMILES string of the molecule is CC(C)N(CCC#N)CC1(CBr)CCCCCC1. The minimum Gasteiger partial charge on any atom is -0.299 e. The lowest BCUT2D eigenvalue weighted by Gasteiger charge is -2.38. The van der Waals surface area contributed by atoms with Crippen molar-refractivity contribution in [2.75, 3.05) is 18.4 Å². The maximum absolute atomic E-state index is 8.78. The number of hydrogen-bond acceptors (Lipinski definition) is 2. The van der Waals surface area contributed by atoms with Gasteiger partial charge in [0.25, 0.3) is 0 Å². The van der Waals surface area contributed by atoms with Gasteiger partial charge in [0.1, 0.15) is 0 Å². The monoisotopic (exact) mass is 314 g/mol. The van der Waals surface area contributed by atoms with E-state index >= 15 is 0 Å². The van der Waals surface area contributed by atoms with Crippen LogP contribution in [0.2, 0.25) is 0 Å². The fraction of sp³-hybridized carbons (Fsp3) is 0.933. The minimum atomic E-state index is 0.441. The Morgan fingerprint density at radius 3 is 2.28 bits per heavy atom. The van der Waals surface area contributed by atoms with Crippen molar-refractivity contribution in [3.63, 3.8) is 0 Å². The molecule has 0 aromatic rings. The van der Waals surface area contributed by atoms with E-state index in [1.165, 1.54) is 38.5 Å². The Bertz CT molecular complexity index is 262. The Labute approximate surface area is 121 Å². The topological polar surface area (TPSA) is 27.0 Å². The van der Waals surface area contributed by atoms with Gasteiger partial charge in [-0.05, 0) is 32.1 Å². The maximum atomic E-state index is 8.78. The molecule has 0 atom stereocenters. The number of hydrogen-bond donors (Lipinski definition) is 0. The highest BCUT2D eigenvalue weighted by molar-refractivity contribution is 9.09. The summed E-state index contributed by atoms with van der Waals surface area (Å²) in [6.07, 6.45) is 8.87. The van der Waals surface area contributed by atoms with E-state index in [4.69, 9.17) is 5.26 Å². The molecule has 2 nitrogen and oxygen atoms in total. The molecule has 1 fully saturated rings. The number of alkyl halides is 1. The first-order chi connectivity index (χ1) is 8.63. The van der Waals surface area contributed by atoms with Gasteiger partial charge in [-0.1, -0.05) is 41.6 Å². The first-order valence-electron chi connectivity index (χ1n) is 7.30. The third-order valence-corrected chi connectivity index (χ3v) is 5.42. The van der Waals surface area contributed by atoms with Crippen molar-refractivity contribution in [2.45, 2.75) is 64.8 Å². The van der Waals surface area contributed by atoms with Crippen molar-refractivity contribution in [3.8, 4) is 6.07 Å². The highest BCUT2D eigenvalue weighted by Gasteiger charge is 2.32. The van der Waals surface area contributed by atoms with Crippen molar-refractivity contribution in [1.29, 1.82) is 5.26 Å². The van der Waals surface area contributed by atoms with Crippen molar-refractivity contribution < 1.29 is 0 Å². The van der Waals surface area contributed by atoms with E-state index in [1.807, 2.05) is 0 Å². The van der Waals surface area contributed by atoms with E-state index in [9.17, 15) is 0 Å². The number of nitriles is 1. The van der Waals surface area contributed by atoms with Crippen LogP contribution in [-0.4, -0.2) is 29.4 Å². The first-order valence-corrected chi connectivity index (χ1v) is 8.43. The second kappa shape index (κ2) is 8.17. The zero-order valence-corrected chi connectivity index (χ0v) is 13.5. The molecule has 0 saturated heterocycles. The van der Waals surface area contributed by atoms with Gasteiger partial charge < -0.3 is 0 Å². The molecule has 1 aliphatic carbocycles. The van der Waals surface area contributed by atoms with Gasteiger partial charge in [-0.15, -0.1) is 0 Å². The van der Waals surface area contributed by atoms with Crippen LogP contribution >= 0.6 is 15.9 Å². The second-order valence-electron chi connectivity index (χ2n) is 6.02. The molecule has 0 spiro atoms. The molecule has 1 rings (SSSR count). The average molecular weight is 315 g/mol. The summed E-state index contributed by atoms with van der Waals surface area (Å²) in [6, 6.07) is 2.82. The number of halogens is 1. The van der Waals surface area contributed by atoms with E-state index in [1.54, 1.807) is 0 Å². The molecule has 3 heteroatoms. The Morgan fingerprint density at radius 2 is 1.83 bits per heavy atom. The second-order valence-corrected chi connectivity index (χ2v) is 6.58. The number of nitrogens with zero attached hydrogens (tertiary/aromatic N) is 2. The number of rotatable bonds is 6. The molecule has 0 radical (unpaired) electrons. The zero-order valence-electron chi connectivity index (χ0n) is 11.9. The maximum Gasteiger partial charge on any atom is 0.0635 e. The molecule has 0 aromatic heterocycles. The van der Waals surface area contributed by atoms with Gasteiger partial charge in [0, 0.05) is 30.9 Å². The van der Waals surface area contributed by atoms with Gasteiger partial charge in [0.2, 0.25) is 0 Å². The van der Waals surface area contributed by atoms with Crippen molar-refractivity contribution in [2.24, 2.45) is 5.41 Å². The van der Waals surface area contributed by atoms with E-state index in [0.717, 1.165) is 18.4 Å². The molecule has 0 bridgehead atoms. The normalized spacial score (nSPS) is 19.8. The van der Waals surface area contributed by atoms with E-state index < -0.39 is 0 Å². The molecule has 1 saturated carbocycles. The molecule has 0 N–H and O–H groups in total. The zero-order chi connectivity index (χ0) is 13.4. The Hall–Kier alpha value is -0.0700. The first kappa shape index (κ1) is 16.0. The van der Waals surface area contributed by atoms with Crippen LogP contribution in [0.25, 0.3) is 0 Å². The Kier molecular flexibility index (Phi) is 7.26. The molecule has 1 aliphatic rings. The summed E-state index contributed by atoms with van der Waals surface area (Å²) in [4.78, 5) is 2.50. The molecule has 18 heavy (non-hydrogen) atoms. The lowest BCUT2D eigenvalue weighted by atomic mass is 9.81. The van der Waals surface area contributed by atoms with Gasteiger partial charge in [-0.2, -0.15) is 5.26 Å². The molecule has 104 valence electrons. The lowest BCUT2D eigenvalue weighted by Crippen LogP contribution is -2.42. The van der Waals surface area contributed by atoms with Crippen molar-refractivity contribution >= 4 is 15.9 Å². The van der Waals surface area contributed by atoms with Gasteiger partial charge in [0.05, 0.1) is 6.07 Å². The fourth-order valence-electron chi connectivity index (χ4n) is 2.96. The summed E-state index contributed by atoms with van der Waals surface area (Å²) < 4.78 is 0. The van der Waals surface area contributed by atoms with E-state index in [0.29, 0.717) is 17.9 Å². The summed E-state index contributed by atoms with van der Waals surface area (Å²) in [5.41, 5.74) is 0.441. The van der Waals surface area contributed by atoms with Crippen LogP contribution in [-0.2, 0) is 0 Å². The fourth-order valence-corrected chi connectivity index (χ4v) is 3.69. The van der Waals surface area contributed by atoms with Crippen LogP contribution in [0.15, 0.2) is 0 Å². The predicted octanol–water partition coefficient (Wildman–Crippen LogP) is 4.35. The van der Waals surface area contributed by atoms with Crippen LogP contribution in [0, 0.1) is 16.7 Å². The Morgan fingerprint density at radius 1 is 1.22 bits per heavy atom.